The lowest BCUT2D eigenvalue weighted by Crippen LogP contribution is -2.13. The van der Waals surface area contributed by atoms with Crippen LogP contribution in [0.1, 0.15) is 27.3 Å². The number of ketones is 1. The van der Waals surface area contributed by atoms with Crippen LogP contribution in [0.5, 0.6) is 17.2 Å². The first-order valence-corrected chi connectivity index (χ1v) is 9.32. The predicted molar refractivity (Wildman–Crippen MR) is 109 cm³/mol. The number of aryl methyl sites for hydroxylation is 1. The number of alkyl halides is 2. The number of aromatic nitrogens is 1. The molecule has 0 fully saturated rings. The molecule has 1 aromatic heterocycles. The minimum Gasteiger partial charge on any atom is -0.493 e. The van der Waals surface area contributed by atoms with Crippen molar-refractivity contribution in [2.45, 2.75) is 20.5 Å². The molecule has 0 spiro atoms. The second-order valence-corrected chi connectivity index (χ2v) is 6.68. The number of benzene rings is 2. The molecule has 31 heavy (non-hydrogen) atoms. The van der Waals surface area contributed by atoms with Crippen molar-refractivity contribution < 1.29 is 27.8 Å². The van der Waals surface area contributed by atoms with Gasteiger partial charge in [0.2, 0.25) is 5.78 Å². The first-order chi connectivity index (χ1) is 14.8. The molecule has 0 aliphatic heterocycles. The molecular formula is C23H20F2N2O4. The molecule has 160 valence electrons. The van der Waals surface area contributed by atoms with Crippen LogP contribution in [-0.4, -0.2) is 30.7 Å². The number of ether oxygens (including phenoxy) is 3. The highest BCUT2D eigenvalue weighted by Gasteiger charge is 2.18. The monoisotopic (exact) mass is 426 g/mol. The van der Waals surface area contributed by atoms with Gasteiger partial charge >= 0.3 is 6.61 Å². The van der Waals surface area contributed by atoms with Crippen LogP contribution in [0, 0.1) is 25.2 Å². The molecule has 0 aliphatic rings. The number of halogens is 2. The Balaban J connectivity index is 1.79. The van der Waals surface area contributed by atoms with Gasteiger partial charge in [-0.2, -0.15) is 14.0 Å². The van der Waals surface area contributed by atoms with E-state index in [2.05, 4.69) is 4.74 Å². The summed E-state index contributed by atoms with van der Waals surface area (Å²) in [7, 11) is 1.45. The summed E-state index contributed by atoms with van der Waals surface area (Å²) < 4.78 is 41.8. The normalized spacial score (nSPS) is 10.6. The molecule has 0 unspecified atom stereocenters. The second-order valence-electron chi connectivity index (χ2n) is 6.68. The third kappa shape index (κ3) is 4.83. The summed E-state index contributed by atoms with van der Waals surface area (Å²) in [5, 5.41) is 8.98. The summed E-state index contributed by atoms with van der Waals surface area (Å²) in [5.41, 5.74) is 3.12. The third-order valence-corrected chi connectivity index (χ3v) is 4.70. The lowest BCUT2D eigenvalue weighted by atomic mass is 10.1. The average Bonchev–Trinajstić information content (AvgIpc) is 3.06. The van der Waals surface area contributed by atoms with Crippen molar-refractivity contribution in [3.05, 3.63) is 71.0 Å². The number of nitrogens with zero attached hydrogens (tertiary/aromatic N) is 2. The number of carbonyl (C=O) groups is 1. The molecule has 8 heteroatoms. The summed E-state index contributed by atoms with van der Waals surface area (Å²) in [6.45, 7) is 0.539. The number of rotatable bonds is 8. The second kappa shape index (κ2) is 9.30. The molecule has 0 saturated carbocycles. The Bertz CT molecular complexity index is 1130. The Morgan fingerprint density at radius 2 is 1.81 bits per heavy atom. The molecule has 0 radical (unpaired) electrons. The van der Waals surface area contributed by atoms with Gasteiger partial charge in [-0.25, -0.2) is 0 Å². The van der Waals surface area contributed by atoms with Crippen LogP contribution in [0.3, 0.4) is 0 Å². The third-order valence-electron chi connectivity index (χ3n) is 4.70. The van der Waals surface area contributed by atoms with Gasteiger partial charge in [-0.15, -0.1) is 0 Å². The zero-order chi connectivity index (χ0) is 22.5. The summed E-state index contributed by atoms with van der Waals surface area (Å²) in [6, 6.07) is 14.6. The molecule has 0 aliphatic carbocycles. The zero-order valence-corrected chi connectivity index (χ0v) is 17.2. The fourth-order valence-corrected chi connectivity index (χ4v) is 3.30. The number of hydrogen-bond acceptors (Lipinski definition) is 5. The molecule has 0 N–H and O–H groups in total. The maximum atomic E-state index is 12.8. The van der Waals surface area contributed by atoms with E-state index in [9.17, 15) is 13.6 Å². The lowest BCUT2D eigenvalue weighted by molar-refractivity contribution is -0.0498. The standard InChI is InChI=1S/C23H20F2N2O4/c1-14-10-19(15(2)27(14)17-5-7-18(8-6-17)31-23(24)25)20(28)13-30-21-9-4-16(12-26)11-22(21)29-3/h4-11,23H,13H2,1-3H3. The Morgan fingerprint density at radius 3 is 2.42 bits per heavy atom. The van der Waals surface area contributed by atoms with Crippen LogP contribution < -0.4 is 14.2 Å². The highest BCUT2D eigenvalue weighted by molar-refractivity contribution is 5.98. The molecule has 3 rings (SSSR count). The van der Waals surface area contributed by atoms with Crippen LogP contribution in [0.2, 0.25) is 0 Å². The van der Waals surface area contributed by atoms with Crippen molar-refractivity contribution in [3.8, 4) is 29.0 Å². The summed E-state index contributed by atoms with van der Waals surface area (Å²) in [5.74, 6) is 0.549. The fraction of sp³-hybridized carbons (Fsp3) is 0.217. The van der Waals surface area contributed by atoms with Crippen molar-refractivity contribution in [2.24, 2.45) is 0 Å². The Hall–Kier alpha value is -3.86. The average molecular weight is 426 g/mol. The van der Waals surface area contributed by atoms with Crippen molar-refractivity contribution in [2.75, 3.05) is 13.7 Å². The van der Waals surface area contributed by atoms with Gasteiger partial charge in [0.1, 0.15) is 5.75 Å². The smallest absolute Gasteiger partial charge is 0.387 e. The number of nitriles is 1. The predicted octanol–water partition coefficient (Wildman–Crippen LogP) is 4.84. The Labute approximate surface area is 178 Å². The summed E-state index contributed by atoms with van der Waals surface area (Å²) >= 11 is 0. The first kappa shape index (κ1) is 21.8. The number of carbonyl (C=O) groups excluding carboxylic acids is 1. The van der Waals surface area contributed by atoms with Gasteiger partial charge < -0.3 is 18.8 Å². The summed E-state index contributed by atoms with van der Waals surface area (Å²) in [4.78, 5) is 12.8. The van der Waals surface area contributed by atoms with E-state index in [1.165, 1.54) is 25.3 Å². The molecule has 6 nitrogen and oxygen atoms in total. The molecule has 0 bridgehead atoms. The highest BCUT2D eigenvalue weighted by Crippen LogP contribution is 2.29. The first-order valence-electron chi connectivity index (χ1n) is 9.32. The molecule has 0 atom stereocenters. The Morgan fingerprint density at radius 1 is 1.10 bits per heavy atom. The topological polar surface area (TPSA) is 73.5 Å². The quantitative estimate of drug-likeness (QED) is 0.482. The van der Waals surface area contributed by atoms with Crippen molar-refractivity contribution >= 4 is 5.78 Å². The van der Waals surface area contributed by atoms with Crippen LogP contribution in [-0.2, 0) is 0 Å². The maximum Gasteiger partial charge on any atom is 0.387 e. The van der Waals surface area contributed by atoms with E-state index in [0.717, 1.165) is 5.69 Å². The number of hydrogen-bond donors (Lipinski definition) is 0. The van der Waals surface area contributed by atoms with E-state index >= 15 is 0 Å². The van der Waals surface area contributed by atoms with Gasteiger partial charge in [0.05, 0.1) is 18.7 Å². The van der Waals surface area contributed by atoms with Crippen LogP contribution in [0.25, 0.3) is 5.69 Å². The van der Waals surface area contributed by atoms with Gasteiger partial charge in [0, 0.05) is 28.7 Å². The van der Waals surface area contributed by atoms with E-state index in [1.54, 1.807) is 37.3 Å². The fourth-order valence-electron chi connectivity index (χ4n) is 3.30. The van der Waals surface area contributed by atoms with Crippen molar-refractivity contribution in [1.82, 2.24) is 4.57 Å². The van der Waals surface area contributed by atoms with Gasteiger partial charge in [0.25, 0.3) is 0 Å². The zero-order valence-electron chi connectivity index (χ0n) is 17.2. The van der Waals surface area contributed by atoms with Crippen LogP contribution >= 0.6 is 0 Å². The van der Waals surface area contributed by atoms with E-state index < -0.39 is 6.61 Å². The van der Waals surface area contributed by atoms with Crippen molar-refractivity contribution in [3.63, 3.8) is 0 Å². The molecule has 2 aromatic carbocycles. The number of Topliss-reactive ketones (excluding diaryl/α,β-unsaturated/α-hetero) is 1. The van der Waals surface area contributed by atoms with Gasteiger partial charge in [0.15, 0.2) is 18.1 Å². The van der Waals surface area contributed by atoms with Gasteiger partial charge in [-0.3, -0.25) is 4.79 Å². The molecular weight excluding hydrogens is 406 g/mol. The van der Waals surface area contributed by atoms with Gasteiger partial charge in [-0.1, -0.05) is 0 Å². The van der Waals surface area contributed by atoms with Crippen LogP contribution in [0.15, 0.2) is 48.5 Å². The number of methoxy groups -OCH3 is 1. The molecule has 1 heterocycles. The lowest BCUT2D eigenvalue weighted by Gasteiger charge is -2.12. The van der Waals surface area contributed by atoms with Crippen molar-refractivity contribution in [1.29, 1.82) is 5.26 Å². The van der Waals surface area contributed by atoms with Crippen LogP contribution in [0.4, 0.5) is 8.78 Å². The van der Waals surface area contributed by atoms with E-state index in [1.807, 2.05) is 17.6 Å². The highest BCUT2D eigenvalue weighted by atomic mass is 19.3. The van der Waals surface area contributed by atoms with E-state index in [-0.39, 0.29) is 18.1 Å². The van der Waals surface area contributed by atoms with Gasteiger partial charge in [-0.05, 0) is 56.3 Å². The van der Waals surface area contributed by atoms with E-state index in [0.29, 0.717) is 34.0 Å². The Kier molecular flexibility index (Phi) is 6.55. The minimum absolute atomic E-state index is 0.0577. The largest absolute Gasteiger partial charge is 0.493 e. The summed E-state index contributed by atoms with van der Waals surface area (Å²) in [6.07, 6.45) is 0. The molecule has 0 amide bonds. The SMILES string of the molecule is COc1cc(C#N)ccc1OCC(=O)c1cc(C)n(-c2ccc(OC(F)F)cc2)c1C. The van der Waals surface area contributed by atoms with E-state index in [4.69, 9.17) is 14.7 Å². The molecule has 3 aromatic rings. The minimum atomic E-state index is -2.89. The maximum absolute atomic E-state index is 12.8. The molecule has 0 saturated heterocycles.